The number of carbonyl (C=O) groups is 2. The summed E-state index contributed by atoms with van der Waals surface area (Å²) in [5, 5.41) is 6.81. The number of aromatic nitrogens is 2. The van der Waals surface area contributed by atoms with Crippen molar-refractivity contribution in [3.05, 3.63) is 77.0 Å². The number of hydrogen-bond donors (Lipinski definition) is 2. The fourth-order valence-electron chi connectivity index (χ4n) is 3.01. The van der Waals surface area contributed by atoms with Gasteiger partial charge < -0.3 is 11.1 Å². The molecule has 0 bridgehead atoms. The van der Waals surface area contributed by atoms with Crippen molar-refractivity contribution >= 4 is 27.7 Å². The van der Waals surface area contributed by atoms with E-state index in [4.69, 9.17) is 5.73 Å². The van der Waals surface area contributed by atoms with Crippen LogP contribution >= 0.6 is 0 Å². The number of hydrogen-bond acceptors (Lipinski definition) is 5. The molecule has 3 rings (SSSR count). The first-order valence-corrected chi connectivity index (χ1v) is 10.8. The Balaban J connectivity index is 1.81. The standard InChI is InChI=1S/C21H23N5O4S/c1-14-4-10-17(11-5-14)31(29,30)26(3)21-18(13-24-25(21)2)20(28)23-12-15-6-8-16(9-7-15)19(22)27/h4-11,13H,12H2,1-3H3,(H2,22,27)(H,23,28). The second kappa shape index (κ2) is 8.60. The Morgan fingerprint density at radius 3 is 2.29 bits per heavy atom. The third-order valence-electron chi connectivity index (χ3n) is 4.82. The normalized spacial score (nSPS) is 11.2. The zero-order valence-corrected chi connectivity index (χ0v) is 18.2. The molecule has 3 aromatic rings. The predicted molar refractivity (Wildman–Crippen MR) is 116 cm³/mol. The Morgan fingerprint density at radius 2 is 1.71 bits per heavy atom. The maximum atomic E-state index is 13.1. The maximum absolute atomic E-state index is 13.1. The van der Waals surface area contributed by atoms with Gasteiger partial charge in [0.1, 0.15) is 5.56 Å². The van der Waals surface area contributed by atoms with Crippen LogP contribution < -0.4 is 15.4 Å². The topological polar surface area (TPSA) is 127 Å². The lowest BCUT2D eigenvalue weighted by molar-refractivity contribution is 0.0950. The summed E-state index contributed by atoms with van der Waals surface area (Å²) in [6.07, 6.45) is 1.32. The molecule has 0 saturated heterocycles. The summed E-state index contributed by atoms with van der Waals surface area (Å²) >= 11 is 0. The third kappa shape index (κ3) is 4.58. The van der Waals surface area contributed by atoms with Gasteiger partial charge in [-0.3, -0.25) is 18.6 Å². The number of nitrogens with one attached hydrogen (secondary N) is 1. The number of nitrogens with zero attached hydrogens (tertiary/aromatic N) is 3. The van der Waals surface area contributed by atoms with Crippen LogP contribution in [0.4, 0.5) is 5.82 Å². The van der Waals surface area contributed by atoms with Crippen molar-refractivity contribution in [2.45, 2.75) is 18.4 Å². The lowest BCUT2D eigenvalue weighted by Gasteiger charge is -2.21. The summed E-state index contributed by atoms with van der Waals surface area (Å²) in [7, 11) is -0.943. The molecule has 0 aliphatic heterocycles. The molecular weight excluding hydrogens is 418 g/mol. The van der Waals surface area contributed by atoms with Crippen LogP contribution in [-0.4, -0.2) is 37.1 Å². The number of anilines is 1. The van der Waals surface area contributed by atoms with Crippen molar-refractivity contribution in [3.8, 4) is 0 Å². The maximum Gasteiger partial charge on any atom is 0.265 e. The van der Waals surface area contributed by atoms with Crippen LogP contribution in [0.2, 0.25) is 0 Å². The van der Waals surface area contributed by atoms with Crippen molar-refractivity contribution < 1.29 is 18.0 Å². The number of rotatable bonds is 7. The van der Waals surface area contributed by atoms with Gasteiger partial charge >= 0.3 is 0 Å². The molecule has 0 aliphatic rings. The first kappa shape index (κ1) is 22.0. The second-order valence-electron chi connectivity index (χ2n) is 7.03. The van der Waals surface area contributed by atoms with E-state index in [1.165, 1.54) is 30.1 Å². The van der Waals surface area contributed by atoms with E-state index in [0.29, 0.717) is 5.56 Å². The van der Waals surface area contributed by atoms with Gasteiger partial charge in [0.25, 0.3) is 15.9 Å². The van der Waals surface area contributed by atoms with Crippen LogP contribution in [0.3, 0.4) is 0 Å². The highest BCUT2D eigenvalue weighted by molar-refractivity contribution is 7.92. The largest absolute Gasteiger partial charge is 0.366 e. The van der Waals surface area contributed by atoms with E-state index in [1.54, 1.807) is 43.4 Å². The minimum atomic E-state index is -3.89. The van der Waals surface area contributed by atoms with Crippen LogP contribution in [0.1, 0.15) is 31.8 Å². The van der Waals surface area contributed by atoms with E-state index >= 15 is 0 Å². The van der Waals surface area contributed by atoms with Gasteiger partial charge in [0, 0.05) is 26.2 Å². The number of sulfonamides is 1. The molecule has 162 valence electrons. The Kier molecular flexibility index (Phi) is 6.11. The number of benzene rings is 2. The smallest absolute Gasteiger partial charge is 0.265 e. The molecule has 10 heteroatoms. The fraction of sp³-hybridized carbons (Fsp3) is 0.190. The van der Waals surface area contributed by atoms with Crippen LogP contribution in [0.15, 0.2) is 59.6 Å². The van der Waals surface area contributed by atoms with Gasteiger partial charge in [0.2, 0.25) is 5.91 Å². The summed E-state index contributed by atoms with van der Waals surface area (Å²) in [6.45, 7) is 2.05. The molecule has 1 heterocycles. The average Bonchev–Trinajstić information content (AvgIpc) is 3.13. The molecule has 0 radical (unpaired) electrons. The highest BCUT2D eigenvalue weighted by Gasteiger charge is 2.28. The van der Waals surface area contributed by atoms with Gasteiger partial charge in [-0.15, -0.1) is 0 Å². The summed E-state index contributed by atoms with van der Waals surface area (Å²) in [5.74, 6) is -0.872. The molecule has 0 fully saturated rings. The molecule has 0 saturated carbocycles. The van der Waals surface area contributed by atoms with Crippen LogP contribution in [-0.2, 0) is 23.6 Å². The highest BCUT2D eigenvalue weighted by Crippen LogP contribution is 2.25. The molecule has 9 nitrogen and oxygen atoms in total. The minimum Gasteiger partial charge on any atom is -0.366 e. The van der Waals surface area contributed by atoms with Gasteiger partial charge in [-0.25, -0.2) is 8.42 Å². The van der Waals surface area contributed by atoms with E-state index in [-0.39, 0.29) is 22.8 Å². The molecule has 3 N–H and O–H groups in total. The lowest BCUT2D eigenvalue weighted by Crippen LogP contribution is -2.31. The van der Waals surface area contributed by atoms with E-state index in [1.807, 2.05) is 6.92 Å². The van der Waals surface area contributed by atoms with Crippen LogP contribution in [0.5, 0.6) is 0 Å². The fourth-order valence-corrected chi connectivity index (χ4v) is 4.25. The van der Waals surface area contributed by atoms with Crippen molar-refractivity contribution in [2.75, 3.05) is 11.4 Å². The van der Waals surface area contributed by atoms with Gasteiger partial charge in [0.15, 0.2) is 5.82 Å². The SMILES string of the molecule is Cc1ccc(S(=O)(=O)N(C)c2c(C(=O)NCc3ccc(C(N)=O)cc3)cnn2C)cc1. The number of primary amides is 1. The van der Waals surface area contributed by atoms with Crippen molar-refractivity contribution in [1.29, 1.82) is 0 Å². The average molecular weight is 442 g/mol. The number of aryl methyl sites for hydroxylation is 2. The van der Waals surface area contributed by atoms with Gasteiger partial charge in [-0.05, 0) is 36.8 Å². The Morgan fingerprint density at radius 1 is 1.10 bits per heavy atom. The Hall–Kier alpha value is -3.66. The molecule has 31 heavy (non-hydrogen) atoms. The highest BCUT2D eigenvalue weighted by atomic mass is 32.2. The van der Waals surface area contributed by atoms with E-state index < -0.39 is 21.8 Å². The minimum absolute atomic E-state index is 0.114. The number of carbonyl (C=O) groups excluding carboxylic acids is 2. The van der Waals surface area contributed by atoms with Crippen LogP contribution in [0, 0.1) is 6.92 Å². The van der Waals surface area contributed by atoms with E-state index in [2.05, 4.69) is 10.4 Å². The molecule has 0 atom stereocenters. The Bertz CT molecular complexity index is 1220. The van der Waals surface area contributed by atoms with Gasteiger partial charge in [-0.2, -0.15) is 5.10 Å². The summed E-state index contributed by atoms with van der Waals surface area (Å²) in [4.78, 5) is 24.0. The molecule has 2 aromatic carbocycles. The second-order valence-corrected chi connectivity index (χ2v) is 9.00. The molecule has 2 amide bonds. The summed E-state index contributed by atoms with van der Waals surface area (Å²) < 4.78 is 28.5. The molecule has 1 aromatic heterocycles. The van der Waals surface area contributed by atoms with Crippen molar-refractivity contribution in [3.63, 3.8) is 0 Å². The predicted octanol–water partition coefficient (Wildman–Crippen LogP) is 1.58. The zero-order valence-electron chi connectivity index (χ0n) is 17.4. The van der Waals surface area contributed by atoms with Gasteiger partial charge in [-0.1, -0.05) is 29.8 Å². The summed E-state index contributed by atoms with van der Waals surface area (Å²) in [5.41, 5.74) is 7.40. The van der Waals surface area contributed by atoms with E-state index in [0.717, 1.165) is 15.4 Å². The quantitative estimate of drug-likeness (QED) is 0.575. The molecule has 0 spiro atoms. The zero-order chi connectivity index (χ0) is 22.8. The molecular formula is C21H23N5O4S. The molecule has 0 aliphatic carbocycles. The molecule has 0 unspecified atom stereocenters. The monoisotopic (exact) mass is 441 g/mol. The van der Waals surface area contributed by atoms with Crippen LogP contribution in [0.25, 0.3) is 0 Å². The first-order chi connectivity index (χ1) is 14.6. The van der Waals surface area contributed by atoms with E-state index in [9.17, 15) is 18.0 Å². The number of amides is 2. The number of nitrogens with two attached hydrogens (primary N) is 1. The van der Waals surface area contributed by atoms with Crippen molar-refractivity contribution in [2.24, 2.45) is 12.8 Å². The third-order valence-corrected chi connectivity index (χ3v) is 6.58. The van der Waals surface area contributed by atoms with Gasteiger partial charge in [0.05, 0.1) is 11.1 Å². The lowest BCUT2D eigenvalue weighted by atomic mass is 10.1. The Labute approximate surface area is 180 Å². The van der Waals surface area contributed by atoms with Crippen molar-refractivity contribution in [1.82, 2.24) is 15.1 Å². The first-order valence-electron chi connectivity index (χ1n) is 9.36. The summed E-state index contributed by atoms with van der Waals surface area (Å²) in [6, 6.07) is 13.0.